The lowest BCUT2D eigenvalue weighted by Gasteiger charge is -2.17. The number of nitrogens with zero attached hydrogens (tertiary/aromatic N) is 5. The summed E-state index contributed by atoms with van der Waals surface area (Å²) in [4.78, 5) is 8.99. The fourth-order valence-electron chi connectivity index (χ4n) is 2.97. The van der Waals surface area contributed by atoms with Crippen LogP contribution in [0.1, 0.15) is 32.2 Å². The minimum absolute atomic E-state index is 0.110. The van der Waals surface area contributed by atoms with E-state index >= 15 is 0 Å². The van der Waals surface area contributed by atoms with Crippen molar-refractivity contribution in [3.05, 3.63) is 60.0 Å². The summed E-state index contributed by atoms with van der Waals surface area (Å²) in [5, 5.41) is 10.3. The first-order valence-electron chi connectivity index (χ1n) is 10.5. The summed E-state index contributed by atoms with van der Waals surface area (Å²) >= 11 is -1.27. The number of rotatable bonds is 10. The van der Waals surface area contributed by atoms with Crippen molar-refractivity contribution in [2.75, 3.05) is 13.6 Å². The summed E-state index contributed by atoms with van der Waals surface area (Å²) in [6.45, 7) is 9.21. The van der Waals surface area contributed by atoms with Crippen LogP contribution in [0.4, 0.5) is 4.39 Å². The Morgan fingerprint density at radius 2 is 2.03 bits per heavy atom. The van der Waals surface area contributed by atoms with Crippen molar-refractivity contribution >= 4 is 23.9 Å². The third-order valence-electron chi connectivity index (χ3n) is 4.50. The lowest BCUT2D eigenvalue weighted by atomic mass is 10.2. The van der Waals surface area contributed by atoms with Gasteiger partial charge in [0.05, 0.1) is 17.9 Å². The van der Waals surface area contributed by atoms with Gasteiger partial charge in [-0.25, -0.2) is 4.99 Å². The highest BCUT2D eigenvalue weighted by molar-refractivity contribution is 7.89. The first-order chi connectivity index (χ1) is 16.2. The number of alkyl halides is 1. The van der Waals surface area contributed by atoms with Gasteiger partial charge < -0.3 is 13.8 Å². The van der Waals surface area contributed by atoms with Crippen LogP contribution in [0, 0.1) is 0 Å². The number of ether oxygens (including phenoxy) is 1. The number of hydrogen-bond donors (Lipinski definition) is 1. The molecule has 2 aromatic carbocycles. The van der Waals surface area contributed by atoms with Crippen LogP contribution < -0.4 is 9.46 Å². The van der Waals surface area contributed by atoms with E-state index in [1.165, 1.54) is 13.8 Å². The van der Waals surface area contributed by atoms with Crippen molar-refractivity contribution in [2.45, 2.75) is 38.1 Å². The highest BCUT2D eigenvalue weighted by Gasteiger charge is 2.18. The van der Waals surface area contributed by atoms with Crippen molar-refractivity contribution in [1.29, 1.82) is 0 Å². The molecule has 0 saturated carbocycles. The molecule has 1 unspecified atom stereocenters. The van der Waals surface area contributed by atoms with Crippen molar-refractivity contribution in [3.8, 4) is 17.1 Å². The predicted octanol–water partition coefficient (Wildman–Crippen LogP) is 3.95. The average molecular weight is 487 g/mol. The summed E-state index contributed by atoms with van der Waals surface area (Å²) < 4.78 is 38.9. The molecule has 1 aromatic heterocycles. The average Bonchev–Trinajstić information content (AvgIpc) is 3.31. The van der Waals surface area contributed by atoms with Crippen molar-refractivity contribution in [1.82, 2.24) is 19.9 Å². The zero-order valence-corrected chi connectivity index (χ0v) is 20.3. The maximum Gasteiger partial charge on any atom is 0.297 e. The summed E-state index contributed by atoms with van der Waals surface area (Å²) in [5.74, 6) is -0.787. The maximum atomic E-state index is 13.7. The van der Waals surface area contributed by atoms with Crippen molar-refractivity contribution in [2.24, 2.45) is 10.1 Å². The van der Waals surface area contributed by atoms with Crippen LogP contribution in [0.2, 0.25) is 0 Å². The molecule has 0 saturated heterocycles. The van der Waals surface area contributed by atoms with E-state index in [-0.39, 0.29) is 11.7 Å². The molecule has 9 nitrogen and oxygen atoms in total. The molecule has 1 atom stereocenters. The molecule has 0 aliphatic rings. The van der Waals surface area contributed by atoms with Crippen LogP contribution in [0.25, 0.3) is 11.4 Å². The molecule has 0 aliphatic carbocycles. The van der Waals surface area contributed by atoms with Gasteiger partial charge in [0.15, 0.2) is 4.90 Å². The Labute approximate surface area is 201 Å². The van der Waals surface area contributed by atoms with Crippen LogP contribution in [0.15, 0.2) is 68.0 Å². The molecule has 1 N–H and O–H groups in total. The third kappa shape index (κ3) is 6.86. The Balaban J connectivity index is 1.77. The van der Waals surface area contributed by atoms with E-state index < -0.39 is 17.2 Å². The second-order valence-corrected chi connectivity index (χ2v) is 9.01. The monoisotopic (exact) mass is 486 g/mol. The van der Waals surface area contributed by atoms with E-state index in [2.05, 4.69) is 31.7 Å². The smallest absolute Gasteiger partial charge is 0.297 e. The van der Waals surface area contributed by atoms with Gasteiger partial charge in [-0.3, -0.25) is 5.01 Å². The van der Waals surface area contributed by atoms with Gasteiger partial charge >= 0.3 is 0 Å². The zero-order chi connectivity index (χ0) is 24.7. The van der Waals surface area contributed by atoms with Crippen molar-refractivity contribution < 1.29 is 18.2 Å². The number of aliphatic imine (C=N–C) groups is 1. The first-order valence-corrected chi connectivity index (χ1v) is 11.7. The lowest BCUT2D eigenvalue weighted by Crippen LogP contribution is -2.21. The molecular weight excluding hydrogens is 459 g/mol. The second-order valence-electron chi connectivity index (χ2n) is 7.60. The molecule has 0 aliphatic heterocycles. The third-order valence-corrected chi connectivity index (χ3v) is 5.56. The van der Waals surface area contributed by atoms with Crippen LogP contribution >= 0.6 is 0 Å². The van der Waals surface area contributed by atoms with Crippen LogP contribution in [0.5, 0.6) is 5.75 Å². The molecule has 0 bridgehead atoms. The number of halogens is 1. The summed E-state index contributed by atoms with van der Waals surface area (Å²) in [6, 6.07) is 14.1. The standard InChI is InChI=1S/C23H27FN6O3S/c1-6-30(15-16-8-7-9-19(14-16)34(31)26-5)28-21(25-4)22-27-20(29-33-22)17-10-12-18(13-11-17)32-23(2,3)24/h7-14,26H,4,6,15H2,1-3,5H3/b28-21-. The fourth-order valence-corrected chi connectivity index (χ4v) is 3.66. The Hall–Kier alpha value is -3.28. The number of hydrogen-bond acceptors (Lipinski definition) is 8. The molecule has 3 aromatic rings. The fraction of sp³-hybridized carbons (Fsp3) is 0.304. The summed E-state index contributed by atoms with van der Waals surface area (Å²) in [5.41, 5.74) is 1.59. The van der Waals surface area contributed by atoms with Crippen LogP contribution in [-0.2, 0) is 17.9 Å². The number of nitrogens with one attached hydrogen (secondary N) is 1. The van der Waals surface area contributed by atoms with Gasteiger partial charge in [-0.1, -0.05) is 17.3 Å². The zero-order valence-electron chi connectivity index (χ0n) is 19.5. The molecule has 0 amide bonds. The van der Waals surface area contributed by atoms with Gasteiger partial charge in [0, 0.05) is 39.1 Å². The van der Waals surface area contributed by atoms with Crippen LogP contribution in [0.3, 0.4) is 0 Å². The molecule has 0 radical (unpaired) electrons. The number of benzene rings is 2. The van der Waals surface area contributed by atoms with E-state index in [0.29, 0.717) is 35.1 Å². The van der Waals surface area contributed by atoms with E-state index in [4.69, 9.17) is 9.26 Å². The minimum Gasteiger partial charge on any atom is -0.593 e. The van der Waals surface area contributed by atoms with Gasteiger partial charge in [0.2, 0.25) is 17.5 Å². The van der Waals surface area contributed by atoms with E-state index in [1.807, 2.05) is 25.1 Å². The number of hydrazone groups is 1. The second kappa shape index (κ2) is 11.2. The molecule has 0 spiro atoms. The Kier molecular flexibility index (Phi) is 8.37. The van der Waals surface area contributed by atoms with Gasteiger partial charge in [0.1, 0.15) is 5.75 Å². The quantitative estimate of drug-likeness (QED) is 0.200. The first kappa shape index (κ1) is 25.3. The van der Waals surface area contributed by atoms with Gasteiger partial charge in [-0.15, -0.1) is 4.72 Å². The highest BCUT2D eigenvalue weighted by atomic mass is 32.2. The van der Waals surface area contributed by atoms with E-state index in [1.54, 1.807) is 42.4 Å². The predicted molar refractivity (Wildman–Crippen MR) is 130 cm³/mol. The Morgan fingerprint density at radius 1 is 1.29 bits per heavy atom. The van der Waals surface area contributed by atoms with Gasteiger partial charge in [0.25, 0.3) is 5.89 Å². The highest BCUT2D eigenvalue weighted by Crippen LogP contribution is 2.24. The molecule has 34 heavy (non-hydrogen) atoms. The largest absolute Gasteiger partial charge is 0.593 e. The Bertz CT molecular complexity index is 1130. The molecule has 0 fully saturated rings. The Morgan fingerprint density at radius 3 is 2.65 bits per heavy atom. The van der Waals surface area contributed by atoms with E-state index in [9.17, 15) is 8.94 Å². The van der Waals surface area contributed by atoms with Crippen LogP contribution in [-0.4, -0.2) is 51.7 Å². The number of aromatic nitrogens is 2. The molecule has 1 heterocycles. The van der Waals surface area contributed by atoms with E-state index in [0.717, 1.165) is 5.56 Å². The summed E-state index contributed by atoms with van der Waals surface area (Å²) in [7, 11) is 1.64. The lowest BCUT2D eigenvalue weighted by molar-refractivity contribution is -0.0256. The normalized spacial score (nSPS) is 12.9. The topological polar surface area (TPSA) is 111 Å². The van der Waals surface area contributed by atoms with Gasteiger partial charge in [-0.05, 0) is 49.5 Å². The maximum absolute atomic E-state index is 13.7. The molecule has 11 heteroatoms. The number of amidine groups is 1. The molecular formula is C23H27FN6O3S. The van der Waals surface area contributed by atoms with Gasteiger partial charge in [-0.2, -0.15) is 14.5 Å². The molecule has 180 valence electrons. The minimum atomic E-state index is -1.78. The van der Waals surface area contributed by atoms with Crippen molar-refractivity contribution in [3.63, 3.8) is 0 Å². The molecule has 3 rings (SSSR count). The SMILES string of the molecule is C=N/C(=N\N(CC)Cc1cccc([S+]([O-])NC)c1)c1nc(-c2ccc(OC(C)(C)F)cc2)no1. The summed E-state index contributed by atoms with van der Waals surface area (Å²) in [6.07, 6.45) is 0.